The number of carbonyl (C=O) groups is 2. The van der Waals surface area contributed by atoms with Crippen molar-refractivity contribution in [3.63, 3.8) is 0 Å². The maximum atomic E-state index is 12.8. The smallest absolute Gasteiger partial charge is 0.276 e. The first kappa shape index (κ1) is 16.9. The second kappa shape index (κ2) is 6.33. The highest BCUT2D eigenvalue weighted by atomic mass is 32.1. The van der Waals surface area contributed by atoms with Crippen molar-refractivity contribution >= 4 is 23.0 Å². The number of rotatable bonds is 3. The Bertz CT molecular complexity index is 937. The average molecular weight is 375 g/mol. The van der Waals surface area contributed by atoms with Crippen LogP contribution in [0.2, 0.25) is 0 Å². The molecule has 0 radical (unpaired) electrons. The molecule has 0 saturated carbocycles. The predicted molar refractivity (Wildman–Crippen MR) is 92.5 cm³/mol. The van der Waals surface area contributed by atoms with Crippen LogP contribution in [0.15, 0.2) is 22.6 Å². The second-order valence-corrected chi connectivity index (χ2v) is 7.40. The molecule has 1 saturated heterocycles. The molecule has 136 valence electrons. The van der Waals surface area contributed by atoms with Crippen LogP contribution in [0.25, 0.3) is 0 Å². The Morgan fingerprint density at radius 2 is 2.27 bits per heavy atom. The topological polar surface area (TPSA) is 102 Å². The van der Waals surface area contributed by atoms with Crippen molar-refractivity contribution in [3.8, 4) is 5.75 Å². The third kappa shape index (κ3) is 2.63. The highest BCUT2D eigenvalue weighted by Gasteiger charge is 2.40. The number of ketones is 1. The summed E-state index contributed by atoms with van der Waals surface area (Å²) in [4.78, 5) is 43.4. The van der Waals surface area contributed by atoms with E-state index >= 15 is 0 Å². The van der Waals surface area contributed by atoms with Crippen LogP contribution >= 0.6 is 11.3 Å². The van der Waals surface area contributed by atoms with Crippen molar-refractivity contribution < 1.29 is 19.4 Å². The van der Waals surface area contributed by atoms with Gasteiger partial charge in [-0.1, -0.05) is 0 Å². The van der Waals surface area contributed by atoms with E-state index in [0.717, 1.165) is 0 Å². The summed E-state index contributed by atoms with van der Waals surface area (Å²) in [5, 5.41) is 12.7. The lowest BCUT2D eigenvalue weighted by molar-refractivity contribution is -0.112. The molecule has 1 fully saturated rings. The molecule has 1 amide bonds. The number of hydrogen-bond acceptors (Lipinski definition) is 7. The highest BCUT2D eigenvalue weighted by molar-refractivity contribution is 7.09. The Labute approximate surface area is 152 Å². The van der Waals surface area contributed by atoms with Crippen molar-refractivity contribution in [3.05, 3.63) is 44.3 Å². The first-order chi connectivity index (χ1) is 12.5. The van der Waals surface area contributed by atoms with Gasteiger partial charge in [0, 0.05) is 23.8 Å². The molecule has 4 rings (SSSR count). The fourth-order valence-corrected chi connectivity index (χ4v) is 4.04. The minimum Gasteiger partial charge on any atom is -0.503 e. The van der Waals surface area contributed by atoms with Crippen LogP contribution in [0.1, 0.15) is 39.2 Å². The summed E-state index contributed by atoms with van der Waals surface area (Å²) in [7, 11) is 0. The molecular weight excluding hydrogens is 358 g/mol. The molecule has 0 bridgehead atoms. The Kier molecular flexibility index (Phi) is 4.12. The van der Waals surface area contributed by atoms with Gasteiger partial charge in [-0.05, 0) is 13.3 Å². The number of pyridine rings is 1. The zero-order valence-corrected chi connectivity index (χ0v) is 14.9. The third-order valence-electron chi connectivity index (χ3n) is 4.77. The summed E-state index contributed by atoms with van der Waals surface area (Å²) in [5.41, 5.74) is -1.06. The molecule has 0 unspecified atom stereocenters. The van der Waals surface area contributed by atoms with E-state index in [-0.39, 0.29) is 30.3 Å². The second-order valence-electron chi connectivity index (χ2n) is 6.42. The molecule has 0 spiro atoms. The lowest BCUT2D eigenvalue weighted by Gasteiger charge is -2.44. The third-order valence-corrected chi connectivity index (χ3v) is 5.55. The first-order valence-corrected chi connectivity index (χ1v) is 9.17. The van der Waals surface area contributed by atoms with Gasteiger partial charge in [0.15, 0.2) is 23.5 Å². The summed E-state index contributed by atoms with van der Waals surface area (Å²) in [6, 6.07) is -0.0456. The zero-order chi connectivity index (χ0) is 18.4. The first-order valence-electron chi connectivity index (χ1n) is 8.29. The summed E-state index contributed by atoms with van der Waals surface area (Å²) in [6.45, 7) is 2.70. The summed E-state index contributed by atoms with van der Waals surface area (Å²) in [5.74, 6) is -1.58. The summed E-state index contributed by atoms with van der Waals surface area (Å²) < 4.78 is 7.12. The number of Topliss-reactive ketones (excluding diaryl/α,β-unsaturated/α-hetero) is 1. The van der Waals surface area contributed by atoms with Crippen molar-refractivity contribution in [1.29, 1.82) is 0 Å². The van der Waals surface area contributed by atoms with Crippen LogP contribution in [0.3, 0.4) is 0 Å². The van der Waals surface area contributed by atoms with Gasteiger partial charge in [-0.3, -0.25) is 14.4 Å². The number of aromatic nitrogens is 2. The Morgan fingerprint density at radius 1 is 1.46 bits per heavy atom. The maximum absolute atomic E-state index is 12.8. The van der Waals surface area contributed by atoms with E-state index in [1.807, 2.05) is 6.92 Å². The van der Waals surface area contributed by atoms with Crippen LogP contribution in [-0.4, -0.2) is 50.1 Å². The fourth-order valence-electron chi connectivity index (χ4n) is 3.43. The van der Waals surface area contributed by atoms with Gasteiger partial charge in [-0.2, -0.15) is 0 Å². The van der Waals surface area contributed by atoms with Gasteiger partial charge in [0.25, 0.3) is 5.91 Å². The van der Waals surface area contributed by atoms with Crippen LogP contribution in [0.4, 0.5) is 0 Å². The molecule has 4 heterocycles. The Morgan fingerprint density at radius 3 is 3.00 bits per heavy atom. The van der Waals surface area contributed by atoms with Crippen LogP contribution in [0, 0.1) is 0 Å². The molecule has 2 atom stereocenters. The quantitative estimate of drug-likeness (QED) is 0.804. The molecule has 0 aliphatic carbocycles. The number of nitrogens with zero attached hydrogens (tertiary/aromatic N) is 3. The molecule has 26 heavy (non-hydrogen) atoms. The minimum atomic E-state index is -0.824. The van der Waals surface area contributed by atoms with Gasteiger partial charge in [0.2, 0.25) is 5.43 Å². The van der Waals surface area contributed by atoms with E-state index in [1.54, 1.807) is 16.5 Å². The van der Waals surface area contributed by atoms with Gasteiger partial charge in [-0.25, -0.2) is 4.98 Å². The number of fused-ring (bicyclic) bond motifs is 2. The standard InChI is InChI=1S/C17H17N3O5S/c1-9-2-4-25-13-8-19-7-10(11(21)6-12-18-3-5-26-12)15(22)16(23)14(19)17(24)20(9)13/h3,5,7,9,13,23H,2,4,6,8H2,1H3/t9-,13+/m1/s1. The maximum Gasteiger partial charge on any atom is 0.276 e. The van der Waals surface area contributed by atoms with Crippen LogP contribution < -0.4 is 5.43 Å². The van der Waals surface area contributed by atoms with E-state index in [2.05, 4.69) is 4.98 Å². The van der Waals surface area contributed by atoms with E-state index < -0.39 is 29.1 Å². The molecule has 0 aromatic carbocycles. The zero-order valence-electron chi connectivity index (χ0n) is 14.0. The summed E-state index contributed by atoms with van der Waals surface area (Å²) >= 11 is 1.32. The van der Waals surface area contributed by atoms with Gasteiger partial charge >= 0.3 is 0 Å². The Balaban J connectivity index is 1.75. The monoisotopic (exact) mass is 375 g/mol. The van der Waals surface area contributed by atoms with E-state index in [9.17, 15) is 19.5 Å². The van der Waals surface area contributed by atoms with E-state index in [4.69, 9.17) is 4.74 Å². The normalized spacial score (nSPS) is 22.0. The average Bonchev–Trinajstić information content (AvgIpc) is 3.10. The SMILES string of the molecule is C[C@@H]1CCO[C@H]2Cn3cc(C(=O)Cc4nccs4)c(=O)c(O)c3C(=O)N12. The molecule has 2 aliphatic heterocycles. The number of aromatic hydroxyl groups is 1. The van der Waals surface area contributed by atoms with Crippen molar-refractivity contribution in [2.45, 2.75) is 38.6 Å². The highest BCUT2D eigenvalue weighted by Crippen LogP contribution is 2.29. The lowest BCUT2D eigenvalue weighted by Crippen LogP contribution is -2.57. The van der Waals surface area contributed by atoms with Crippen molar-refractivity contribution in [1.82, 2.24) is 14.5 Å². The predicted octanol–water partition coefficient (Wildman–Crippen LogP) is 1.03. The van der Waals surface area contributed by atoms with E-state index in [1.165, 1.54) is 22.1 Å². The lowest BCUT2D eigenvalue weighted by atomic mass is 10.0. The van der Waals surface area contributed by atoms with Crippen LogP contribution in [0.5, 0.6) is 5.75 Å². The largest absolute Gasteiger partial charge is 0.503 e. The number of ether oxygens (including phenoxy) is 1. The molecule has 9 heteroatoms. The van der Waals surface area contributed by atoms with Crippen molar-refractivity contribution in [2.75, 3.05) is 6.61 Å². The Hall–Kier alpha value is -2.52. The minimum absolute atomic E-state index is 0.0251. The number of amides is 1. The van der Waals surface area contributed by atoms with Gasteiger partial charge in [0.05, 0.1) is 25.1 Å². The van der Waals surface area contributed by atoms with Gasteiger partial charge in [0.1, 0.15) is 5.01 Å². The molecule has 2 aromatic heterocycles. The summed E-state index contributed by atoms with van der Waals surface area (Å²) in [6.07, 6.45) is 3.13. The number of thiazole rings is 1. The van der Waals surface area contributed by atoms with Crippen LogP contribution in [-0.2, 0) is 17.7 Å². The molecule has 2 aliphatic rings. The molecule has 1 N–H and O–H groups in total. The van der Waals surface area contributed by atoms with Crippen molar-refractivity contribution in [2.24, 2.45) is 0 Å². The van der Waals surface area contributed by atoms with E-state index in [0.29, 0.717) is 18.0 Å². The molecule has 2 aromatic rings. The van der Waals surface area contributed by atoms with Gasteiger partial charge < -0.3 is 19.3 Å². The fraction of sp³-hybridized carbons (Fsp3) is 0.412. The molecular formula is C17H17N3O5S. The molecule has 8 nitrogen and oxygen atoms in total. The number of carbonyl (C=O) groups excluding carboxylic acids is 2. The number of hydrogen-bond donors (Lipinski definition) is 1. The van der Waals surface area contributed by atoms with Gasteiger partial charge in [-0.15, -0.1) is 11.3 Å².